The lowest BCUT2D eigenvalue weighted by Crippen LogP contribution is -2.13. The van der Waals surface area contributed by atoms with Gasteiger partial charge in [0.15, 0.2) is 0 Å². The van der Waals surface area contributed by atoms with Gasteiger partial charge in [0, 0.05) is 11.3 Å². The Morgan fingerprint density at radius 3 is 2.61 bits per heavy atom. The monoisotopic (exact) mass is 401 g/mol. The van der Waals surface area contributed by atoms with Gasteiger partial charge in [0.1, 0.15) is 17.7 Å². The van der Waals surface area contributed by atoms with Crippen molar-refractivity contribution in [3.63, 3.8) is 0 Å². The molecule has 0 bridgehead atoms. The van der Waals surface area contributed by atoms with E-state index >= 15 is 0 Å². The van der Waals surface area contributed by atoms with Crippen molar-refractivity contribution in [3.05, 3.63) is 69.7 Å². The molecule has 0 saturated carbocycles. The van der Waals surface area contributed by atoms with Crippen LogP contribution in [0.5, 0.6) is 0 Å². The maximum absolute atomic E-state index is 13.2. The maximum atomic E-state index is 13.2. The van der Waals surface area contributed by atoms with Crippen molar-refractivity contribution in [1.82, 2.24) is 4.98 Å². The first-order valence-electron chi connectivity index (χ1n) is 8.32. The number of nitrogens with one attached hydrogen (secondary N) is 1. The lowest BCUT2D eigenvalue weighted by Gasteiger charge is -2.11. The second-order valence-electron chi connectivity index (χ2n) is 5.79. The molecule has 0 saturated heterocycles. The van der Waals surface area contributed by atoms with Gasteiger partial charge in [0.25, 0.3) is 12.3 Å². The topological polar surface area (TPSA) is 63.6 Å². The van der Waals surface area contributed by atoms with Gasteiger partial charge in [-0.05, 0) is 24.1 Å². The molecule has 8 heteroatoms. The summed E-state index contributed by atoms with van der Waals surface area (Å²) in [4.78, 5) is 21.0. The van der Waals surface area contributed by atoms with Crippen LogP contribution in [0.25, 0.3) is 11.1 Å². The fourth-order valence-corrected chi connectivity index (χ4v) is 3.46. The van der Waals surface area contributed by atoms with E-state index in [9.17, 15) is 13.6 Å². The van der Waals surface area contributed by atoms with Crippen LogP contribution in [0.1, 0.15) is 32.4 Å². The molecule has 0 spiro atoms. The molecule has 0 radical (unpaired) electrons. The van der Waals surface area contributed by atoms with Crippen molar-refractivity contribution in [1.29, 1.82) is 0 Å². The van der Waals surface area contributed by atoms with Crippen molar-refractivity contribution < 1.29 is 18.4 Å². The lowest BCUT2D eigenvalue weighted by atomic mass is 10.0. The Hall–Kier alpha value is -3.13. The smallest absolute Gasteiger partial charge is 0.282 e. The molecule has 0 aliphatic rings. The Labute approximate surface area is 164 Å². The summed E-state index contributed by atoms with van der Waals surface area (Å²) >= 11 is 0.952. The Morgan fingerprint density at radius 1 is 1.21 bits per heavy atom. The van der Waals surface area contributed by atoms with Gasteiger partial charge < -0.3 is 10.2 Å². The molecule has 28 heavy (non-hydrogen) atoms. The van der Waals surface area contributed by atoms with E-state index < -0.39 is 18.0 Å². The van der Waals surface area contributed by atoms with Crippen LogP contribution in [0.2, 0.25) is 0 Å². The number of nitrogens with zero attached hydrogens (tertiary/aromatic N) is 2. The molecule has 144 valence electrons. The van der Waals surface area contributed by atoms with Gasteiger partial charge in [-0.15, -0.1) is 11.3 Å². The van der Waals surface area contributed by atoms with E-state index in [-0.39, 0.29) is 4.88 Å². The van der Waals surface area contributed by atoms with Gasteiger partial charge in [-0.25, -0.2) is 13.8 Å². The van der Waals surface area contributed by atoms with Crippen LogP contribution in [0.15, 0.2) is 53.7 Å². The molecule has 5 nitrogen and oxygen atoms in total. The minimum atomic E-state index is -2.80. The number of hydrogen-bond acceptors (Lipinski definition) is 5. The number of alkyl halides is 2. The van der Waals surface area contributed by atoms with Crippen LogP contribution in [0, 0.1) is 6.92 Å². The predicted octanol–water partition coefficient (Wildman–Crippen LogP) is 5.29. The number of halogens is 2. The summed E-state index contributed by atoms with van der Waals surface area (Å²) in [5.74, 6) is -0.600. The van der Waals surface area contributed by atoms with E-state index in [0.29, 0.717) is 10.7 Å². The summed E-state index contributed by atoms with van der Waals surface area (Å²) in [6.45, 7) is 1.59. The van der Waals surface area contributed by atoms with Crippen LogP contribution < -0.4 is 5.32 Å². The number of amides is 1. The minimum Gasteiger partial charge on any atom is -0.399 e. The SMILES string of the molecule is CON=Cc1ccc(-c2ccccc2NC(=O)c2sc(C)nc2C(F)F)cc1. The minimum absolute atomic E-state index is 0.0755. The van der Waals surface area contributed by atoms with Crippen molar-refractivity contribution in [2.45, 2.75) is 13.3 Å². The maximum Gasteiger partial charge on any atom is 0.282 e. The summed E-state index contributed by atoms with van der Waals surface area (Å²) in [6, 6.07) is 14.7. The number of anilines is 1. The Morgan fingerprint density at radius 2 is 1.93 bits per heavy atom. The molecule has 0 atom stereocenters. The lowest BCUT2D eigenvalue weighted by molar-refractivity contribution is 0.101. The summed E-state index contributed by atoms with van der Waals surface area (Å²) < 4.78 is 26.3. The van der Waals surface area contributed by atoms with Gasteiger partial charge in [0.05, 0.1) is 11.2 Å². The molecule has 1 aromatic heterocycles. The van der Waals surface area contributed by atoms with E-state index in [1.54, 1.807) is 25.3 Å². The van der Waals surface area contributed by atoms with Crippen molar-refractivity contribution >= 4 is 29.1 Å². The fraction of sp³-hybridized carbons (Fsp3) is 0.150. The summed E-state index contributed by atoms with van der Waals surface area (Å²) in [5.41, 5.74) is 2.52. The first kappa shape index (κ1) is 19.6. The van der Waals surface area contributed by atoms with Gasteiger partial charge in [-0.3, -0.25) is 4.79 Å². The number of thiazole rings is 1. The Balaban J connectivity index is 1.89. The van der Waals surface area contributed by atoms with Crippen LogP contribution in [0.4, 0.5) is 14.5 Å². The normalized spacial score (nSPS) is 11.2. The Bertz CT molecular complexity index is 1000. The zero-order valence-corrected chi connectivity index (χ0v) is 16.0. The highest BCUT2D eigenvalue weighted by molar-refractivity contribution is 7.13. The van der Waals surface area contributed by atoms with Crippen LogP contribution in [-0.4, -0.2) is 24.2 Å². The molecular weight excluding hydrogens is 384 g/mol. The summed E-state index contributed by atoms with van der Waals surface area (Å²) in [6.07, 6.45) is -1.22. The molecule has 0 aliphatic heterocycles. The van der Waals surface area contributed by atoms with Gasteiger partial charge in [-0.2, -0.15) is 0 Å². The van der Waals surface area contributed by atoms with Crippen molar-refractivity contribution in [2.24, 2.45) is 5.16 Å². The fourth-order valence-electron chi connectivity index (χ4n) is 2.64. The average molecular weight is 401 g/mol. The van der Waals surface area contributed by atoms with E-state index in [2.05, 4.69) is 20.3 Å². The molecule has 0 unspecified atom stereocenters. The van der Waals surface area contributed by atoms with Gasteiger partial charge in [0.2, 0.25) is 0 Å². The van der Waals surface area contributed by atoms with Crippen LogP contribution in [-0.2, 0) is 4.84 Å². The van der Waals surface area contributed by atoms with Crippen LogP contribution in [0.3, 0.4) is 0 Å². The van der Waals surface area contributed by atoms with Gasteiger partial charge in [-0.1, -0.05) is 47.6 Å². The van der Waals surface area contributed by atoms with Crippen molar-refractivity contribution in [3.8, 4) is 11.1 Å². The van der Waals surface area contributed by atoms with E-state index in [0.717, 1.165) is 28.0 Å². The first-order valence-corrected chi connectivity index (χ1v) is 9.14. The Kier molecular flexibility index (Phi) is 6.10. The highest BCUT2D eigenvalue weighted by Gasteiger charge is 2.24. The zero-order chi connectivity index (χ0) is 20.1. The summed E-state index contributed by atoms with van der Waals surface area (Å²) in [5, 5.41) is 6.86. The molecule has 1 heterocycles. The third-order valence-corrected chi connectivity index (χ3v) is 4.86. The number of aromatic nitrogens is 1. The second kappa shape index (κ2) is 8.71. The van der Waals surface area contributed by atoms with E-state index in [4.69, 9.17) is 0 Å². The number of rotatable bonds is 6. The molecule has 1 amide bonds. The average Bonchev–Trinajstić information content (AvgIpc) is 3.09. The number of hydrogen-bond donors (Lipinski definition) is 1. The van der Waals surface area contributed by atoms with Crippen molar-refractivity contribution in [2.75, 3.05) is 12.4 Å². The van der Waals surface area contributed by atoms with Gasteiger partial charge >= 0.3 is 0 Å². The second-order valence-corrected chi connectivity index (χ2v) is 6.99. The number of carbonyl (C=O) groups is 1. The highest BCUT2D eigenvalue weighted by Crippen LogP contribution is 2.31. The third-order valence-electron chi connectivity index (χ3n) is 3.88. The molecule has 0 fully saturated rings. The largest absolute Gasteiger partial charge is 0.399 e. The standard InChI is InChI=1S/C20H17F2N3O2S/c1-12-24-17(19(21)22)18(28-12)20(26)25-16-6-4-3-5-15(16)14-9-7-13(8-10-14)11-23-27-2/h3-11,19H,1-2H3,(H,25,26). The third kappa shape index (κ3) is 4.40. The van der Waals surface area contributed by atoms with E-state index in [1.807, 2.05) is 36.4 Å². The molecule has 1 N–H and O–H groups in total. The number of para-hydroxylation sites is 1. The van der Waals surface area contributed by atoms with Crippen LogP contribution >= 0.6 is 11.3 Å². The molecular formula is C20H17F2N3O2S. The quantitative estimate of drug-likeness (QED) is 0.451. The number of oxime groups is 1. The first-order chi connectivity index (χ1) is 13.5. The van der Waals surface area contributed by atoms with E-state index in [1.165, 1.54) is 7.11 Å². The predicted molar refractivity (Wildman–Crippen MR) is 106 cm³/mol. The zero-order valence-electron chi connectivity index (χ0n) is 15.1. The number of benzene rings is 2. The molecule has 2 aromatic carbocycles. The molecule has 3 aromatic rings. The highest BCUT2D eigenvalue weighted by atomic mass is 32.1. The summed E-state index contributed by atoms with van der Waals surface area (Å²) in [7, 11) is 1.47. The number of carbonyl (C=O) groups excluding carboxylic acids is 1. The number of aryl methyl sites for hydroxylation is 1. The molecule has 3 rings (SSSR count). The molecule has 0 aliphatic carbocycles.